The van der Waals surface area contributed by atoms with Crippen molar-refractivity contribution in [3.05, 3.63) is 18.2 Å². The Labute approximate surface area is 51.9 Å². The number of aromatic nitrogens is 2. The molecule has 0 aliphatic rings. The molecule has 0 N–H and O–H groups in total. The lowest BCUT2D eigenvalue weighted by atomic mass is 10.7. The van der Waals surface area contributed by atoms with Gasteiger partial charge in [-0.2, -0.15) is 0 Å². The summed E-state index contributed by atoms with van der Waals surface area (Å²) in [5.74, 6) is 0.327. The van der Waals surface area contributed by atoms with Crippen LogP contribution >= 0.6 is 12.8 Å². The summed E-state index contributed by atoms with van der Waals surface area (Å²) in [4.78, 5) is 13.6. The lowest BCUT2D eigenvalue weighted by Gasteiger charge is -1.84. The number of carbonyl (C=O) groups excluding carboxylic acids is 1. The van der Waals surface area contributed by atoms with Gasteiger partial charge in [-0.25, -0.2) is 4.98 Å². The number of carbonyl (C=O) groups is 1. The van der Waals surface area contributed by atoms with Crippen LogP contribution in [0.5, 0.6) is 0 Å². The summed E-state index contributed by atoms with van der Waals surface area (Å²) in [6.07, 6.45) is 3.75. The summed E-state index contributed by atoms with van der Waals surface area (Å²) in [6.45, 7) is 0. The Kier molecular flexibility index (Phi) is 1.34. The van der Waals surface area contributed by atoms with Gasteiger partial charge >= 0.3 is 0 Å². The first-order valence-electron chi connectivity index (χ1n) is 2.02. The predicted octanol–water partition coefficient (Wildman–Crippen LogP) is 0.388. The first-order valence-corrected chi connectivity index (χ1v) is 2.42. The van der Waals surface area contributed by atoms with Gasteiger partial charge in [0.05, 0.1) is 0 Å². The summed E-state index contributed by atoms with van der Waals surface area (Å²) in [5, 5.41) is 0. The van der Waals surface area contributed by atoms with Gasteiger partial charge < -0.3 is 0 Å². The van der Waals surface area contributed by atoms with Crippen LogP contribution in [0.15, 0.2) is 12.4 Å². The molecule has 3 nitrogen and oxygen atoms in total. The van der Waals surface area contributed by atoms with E-state index in [-0.39, 0.29) is 0 Å². The third-order valence-electron chi connectivity index (χ3n) is 0.755. The van der Waals surface area contributed by atoms with Crippen LogP contribution < -0.4 is 0 Å². The second-order valence-electron chi connectivity index (χ2n) is 1.25. The minimum Gasteiger partial charge on any atom is -0.294 e. The van der Waals surface area contributed by atoms with Crippen LogP contribution in [-0.4, -0.2) is 15.2 Å². The Morgan fingerprint density at radius 3 is 2.88 bits per heavy atom. The molecule has 1 aromatic heterocycles. The average molecular weight is 128 g/mol. The minimum atomic E-state index is 0.327. The van der Waals surface area contributed by atoms with E-state index in [0.29, 0.717) is 12.1 Å². The van der Waals surface area contributed by atoms with Gasteiger partial charge in [0, 0.05) is 12.4 Å². The molecule has 0 aromatic carbocycles. The molecule has 1 aromatic rings. The molecule has 0 spiro atoms. The highest BCUT2D eigenvalue weighted by molar-refractivity contribution is 7.78. The lowest BCUT2D eigenvalue weighted by molar-refractivity contribution is 0.111. The van der Waals surface area contributed by atoms with Gasteiger partial charge in [0.25, 0.3) is 0 Å². The van der Waals surface area contributed by atoms with Gasteiger partial charge in [0.2, 0.25) is 0 Å². The quantitative estimate of drug-likeness (QED) is 0.438. The Bertz CT molecular complexity index is 196. The molecule has 1 heterocycles. The van der Waals surface area contributed by atoms with Gasteiger partial charge in [0.1, 0.15) is 0 Å². The summed E-state index contributed by atoms with van der Waals surface area (Å²) in [7, 11) is 0. The monoisotopic (exact) mass is 128 g/mol. The van der Waals surface area contributed by atoms with Gasteiger partial charge in [-0.3, -0.25) is 8.77 Å². The van der Waals surface area contributed by atoms with Crippen molar-refractivity contribution in [3.8, 4) is 0 Å². The number of hydrogen-bond acceptors (Lipinski definition) is 3. The van der Waals surface area contributed by atoms with E-state index in [1.54, 1.807) is 6.20 Å². The summed E-state index contributed by atoms with van der Waals surface area (Å²) < 4.78 is 1.35. The fourth-order valence-corrected chi connectivity index (χ4v) is 0.551. The fourth-order valence-electron chi connectivity index (χ4n) is 0.393. The molecule has 1 rings (SSSR count). The van der Waals surface area contributed by atoms with Gasteiger partial charge in [0.15, 0.2) is 12.1 Å². The van der Waals surface area contributed by atoms with Crippen LogP contribution in [0, 0.1) is 0 Å². The van der Waals surface area contributed by atoms with Gasteiger partial charge in [-0.05, 0) is 0 Å². The lowest BCUT2D eigenvalue weighted by Crippen LogP contribution is -1.87. The highest BCUT2D eigenvalue weighted by Crippen LogP contribution is 1.93. The molecule has 0 fully saturated rings. The van der Waals surface area contributed by atoms with Crippen molar-refractivity contribution in [2.75, 3.05) is 0 Å². The van der Waals surface area contributed by atoms with Crippen molar-refractivity contribution < 1.29 is 4.79 Å². The zero-order valence-electron chi connectivity index (χ0n) is 3.98. The standard InChI is InChI=1S/C4H4N2OS/c7-3-4-5-1-2-6(4)8/h1-3,8H. The van der Waals surface area contributed by atoms with Crippen LogP contribution in [0.2, 0.25) is 0 Å². The second-order valence-corrected chi connectivity index (χ2v) is 1.68. The minimum absolute atomic E-state index is 0.327. The summed E-state index contributed by atoms with van der Waals surface area (Å²) in [6, 6.07) is 0. The molecule has 0 aliphatic heterocycles. The number of imidazole rings is 1. The van der Waals surface area contributed by atoms with Crippen LogP contribution in [0.3, 0.4) is 0 Å². The topological polar surface area (TPSA) is 34.9 Å². The zero-order valence-corrected chi connectivity index (χ0v) is 4.88. The maximum atomic E-state index is 9.96. The molecule has 0 amide bonds. The Balaban J connectivity index is 3.09. The second kappa shape index (κ2) is 2.00. The van der Waals surface area contributed by atoms with Crippen molar-refractivity contribution in [1.29, 1.82) is 0 Å². The molecule has 0 saturated carbocycles. The average Bonchev–Trinajstić information content (AvgIpc) is 2.14. The largest absolute Gasteiger partial charge is 0.294 e. The van der Waals surface area contributed by atoms with E-state index in [2.05, 4.69) is 17.8 Å². The zero-order chi connectivity index (χ0) is 5.98. The predicted molar refractivity (Wildman–Crippen MR) is 32.0 cm³/mol. The number of hydrogen-bond donors (Lipinski definition) is 1. The number of nitrogens with zero attached hydrogens (tertiary/aromatic N) is 2. The molecule has 0 saturated heterocycles. The summed E-state index contributed by atoms with van der Waals surface area (Å²) in [5.41, 5.74) is 0. The van der Waals surface area contributed by atoms with Crippen molar-refractivity contribution >= 4 is 19.1 Å². The Morgan fingerprint density at radius 2 is 2.62 bits per heavy atom. The molecular formula is C4H4N2OS. The highest BCUT2D eigenvalue weighted by atomic mass is 32.1. The van der Waals surface area contributed by atoms with E-state index in [9.17, 15) is 4.79 Å². The van der Waals surface area contributed by atoms with Crippen LogP contribution in [0.1, 0.15) is 10.6 Å². The van der Waals surface area contributed by atoms with E-state index < -0.39 is 0 Å². The third-order valence-corrected chi connectivity index (χ3v) is 1.09. The van der Waals surface area contributed by atoms with Crippen LogP contribution in [-0.2, 0) is 0 Å². The SMILES string of the molecule is O=Cc1nccn1S. The molecular weight excluding hydrogens is 124 g/mol. The van der Waals surface area contributed by atoms with E-state index in [1.807, 2.05) is 0 Å². The first kappa shape index (κ1) is 5.37. The molecule has 8 heavy (non-hydrogen) atoms. The van der Waals surface area contributed by atoms with Gasteiger partial charge in [-0.1, -0.05) is 12.8 Å². The number of aldehydes is 1. The highest BCUT2D eigenvalue weighted by Gasteiger charge is 1.92. The van der Waals surface area contributed by atoms with Crippen LogP contribution in [0.4, 0.5) is 0 Å². The number of thiol groups is 1. The van der Waals surface area contributed by atoms with Gasteiger partial charge in [-0.15, -0.1) is 0 Å². The van der Waals surface area contributed by atoms with Crippen molar-refractivity contribution in [1.82, 2.24) is 8.96 Å². The molecule has 0 bridgehead atoms. The van der Waals surface area contributed by atoms with Crippen molar-refractivity contribution in [2.24, 2.45) is 0 Å². The fraction of sp³-hybridized carbons (Fsp3) is 0. The van der Waals surface area contributed by atoms with Crippen molar-refractivity contribution in [2.45, 2.75) is 0 Å². The molecule has 0 unspecified atom stereocenters. The van der Waals surface area contributed by atoms with E-state index in [1.165, 1.54) is 10.2 Å². The Hall–Kier alpha value is -0.770. The molecule has 0 radical (unpaired) electrons. The number of rotatable bonds is 1. The van der Waals surface area contributed by atoms with E-state index in [0.717, 1.165) is 0 Å². The van der Waals surface area contributed by atoms with E-state index >= 15 is 0 Å². The third kappa shape index (κ3) is 0.742. The maximum Gasteiger partial charge on any atom is 0.186 e. The van der Waals surface area contributed by atoms with Crippen molar-refractivity contribution in [3.63, 3.8) is 0 Å². The Morgan fingerprint density at radius 1 is 1.88 bits per heavy atom. The first-order chi connectivity index (χ1) is 3.84. The maximum absolute atomic E-state index is 9.96. The van der Waals surface area contributed by atoms with Crippen LogP contribution in [0.25, 0.3) is 0 Å². The molecule has 4 heteroatoms. The molecule has 0 aliphatic carbocycles. The normalized spacial score (nSPS) is 9.12. The summed E-state index contributed by atoms with van der Waals surface area (Å²) >= 11 is 3.85. The smallest absolute Gasteiger partial charge is 0.186 e. The molecule has 42 valence electrons. The molecule has 0 atom stereocenters. The van der Waals surface area contributed by atoms with E-state index in [4.69, 9.17) is 0 Å².